The molecule has 0 radical (unpaired) electrons. The zero-order valence-corrected chi connectivity index (χ0v) is 13.4. The predicted octanol–water partition coefficient (Wildman–Crippen LogP) is 5.72. The van der Waals surface area contributed by atoms with Gasteiger partial charge in [0, 0.05) is 16.7 Å². The van der Waals surface area contributed by atoms with Crippen molar-refractivity contribution in [3.8, 4) is 5.75 Å². The van der Waals surface area contributed by atoms with Crippen molar-refractivity contribution < 1.29 is 13.5 Å². The topological polar surface area (TPSA) is 9.23 Å². The van der Waals surface area contributed by atoms with E-state index in [1.54, 1.807) is 12.1 Å². The second kappa shape index (κ2) is 6.29. The van der Waals surface area contributed by atoms with Gasteiger partial charge in [0.2, 0.25) is 0 Å². The van der Waals surface area contributed by atoms with Gasteiger partial charge >= 0.3 is 0 Å². The van der Waals surface area contributed by atoms with Crippen molar-refractivity contribution in [2.45, 2.75) is 5.38 Å². The summed E-state index contributed by atoms with van der Waals surface area (Å²) in [5, 5.41) is -0.347. The Labute approximate surface area is 133 Å². The van der Waals surface area contributed by atoms with E-state index in [1.165, 1.54) is 19.2 Å². The second-order valence-corrected chi connectivity index (χ2v) is 5.80. The van der Waals surface area contributed by atoms with Crippen molar-refractivity contribution in [3.05, 3.63) is 62.6 Å². The molecular formula is C14H9BrCl2F2O. The van der Waals surface area contributed by atoms with Gasteiger partial charge < -0.3 is 4.74 Å². The van der Waals surface area contributed by atoms with E-state index >= 15 is 0 Å². The van der Waals surface area contributed by atoms with Crippen LogP contribution in [0.1, 0.15) is 16.5 Å². The molecule has 0 saturated heterocycles. The second-order valence-electron chi connectivity index (χ2n) is 4.08. The SMILES string of the molecule is COc1c(Br)cc(Cl)cc1C(Cl)c1cc(F)cc(F)c1. The third-order valence-electron chi connectivity index (χ3n) is 2.69. The fourth-order valence-electron chi connectivity index (χ4n) is 1.88. The molecule has 0 amide bonds. The van der Waals surface area contributed by atoms with Gasteiger partial charge in [-0.1, -0.05) is 11.6 Å². The first kappa shape index (κ1) is 15.5. The third kappa shape index (κ3) is 3.25. The lowest BCUT2D eigenvalue weighted by Crippen LogP contribution is -2.00. The number of benzene rings is 2. The average molecular weight is 382 g/mol. The summed E-state index contributed by atoms with van der Waals surface area (Å²) in [5.74, 6) is -0.907. The largest absolute Gasteiger partial charge is 0.495 e. The fourth-order valence-corrected chi connectivity index (χ4v) is 3.17. The Balaban J connectivity index is 2.55. The normalized spacial score (nSPS) is 12.3. The highest BCUT2D eigenvalue weighted by molar-refractivity contribution is 9.10. The number of alkyl halides is 1. The molecule has 1 unspecified atom stereocenters. The Morgan fingerprint density at radius 2 is 1.70 bits per heavy atom. The van der Waals surface area contributed by atoms with Gasteiger partial charge in [-0.05, 0) is 45.8 Å². The molecule has 0 heterocycles. The first-order valence-corrected chi connectivity index (χ1v) is 7.16. The van der Waals surface area contributed by atoms with Crippen LogP contribution < -0.4 is 4.74 Å². The number of ether oxygens (including phenoxy) is 1. The number of halogens is 5. The van der Waals surface area contributed by atoms with Gasteiger partial charge in [-0.25, -0.2) is 8.78 Å². The molecule has 0 aromatic heterocycles. The molecule has 106 valence electrons. The Morgan fingerprint density at radius 1 is 1.10 bits per heavy atom. The van der Waals surface area contributed by atoms with Crippen molar-refractivity contribution >= 4 is 39.1 Å². The molecule has 1 nitrogen and oxygen atoms in total. The maximum absolute atomic E-state index is 13.3. The van der Waals surface area contributed by atoms with Gasteiger partial charge in [-0.3, -0.25) is 0 Å². The van der Waals surface area contributed by atoms with Crippen LogP contribution in [0.3, 0.4) is 0 Å². The minimum absolute atomic E-state index is 0.289. The van der Waals surface area contributed by atoms with E-state index in [0.717, 1.165) is 6.07 Å². The average Bonchev–Trinajstić information content (AvgIpc) is 2.35. The first-order chi connectivity index (χ1) is 9.42. The molecule has 20 heavy (non-hydrogen) atoms. The quantitative estimate of drug-likeness (QED) is 0.618. The molecule has 2 rings (SSSR count). The summed E-state index contributed by atoms with van der Waals surface area (Å²) in [6, 6.07) is 6.40. The highest BCUT2D eigenvalue weighted by Gasteiger charge is 2.20. The van der Waals surface area contributed by atoms with Crippen LogP contribution in [0.25, 0.3) is 0 Å². The lowest BCUT2D eigenvalue weighted by Gasteiger charge is -2.16. The molecular weight excluding hydrogens is 373 g/mol. The third-order valence-corrected chi connectivity index (χ3v) is 3.99. The standard InChI is InChI=1S/C14H9BrCl2F2O/c1-20-14-11(4-8(16)5-12(14)15)13(17)7-2-9(18)6-10(19)3-7/h2-6,13H,1H3. The molecule has 2 aromatic rings. The zero-order chi connectivity index (χ0) is 14.9. The molecule has 0 spiro atoms. The van der Waals surface area contributed by atoms with E-state index in [4.69, 9.17) is 27.9 Å². The summed E-state index contributed by atoms with van der Waals surface area (Å²) in [6.07, 6.45) is 0. The van der Waals surface area contributed by atoms with Gasteiger partial charge in [-0.15, -0.1) is 11.6 Å². The van der Waals surface area contributed by atoms with Crippen LogP contribution in [0.5, 0.6) is 5.75 Å². The highest BCUT2D eigenvalue weighted by Crippen LogP contribution is 2.41. The zero-order valence-electron chi connectivity index (χ0n) is 10.3. The molecule has 0 N–H and O–H groups in total. The van der Waals surface area contributed by atoms with Gasteiger partial charge in [0.25, 0.3) is 0 Å². The molecule has 0 fully saturated rings. The number of hydrogen-bond donors (Lipinski definition) is 0. The van der Waals surface area contributed by atoms with Crippen LogP contribution in [0, 0.1) is 11.6 Å². The number of methoxy groups -OCH3 is 1. The van der Waals surface area contributed by atoms with E-state index in [9.17, 15) is 8.78 Å². The Bertz CT molecular complexity index is 629. The highest BCUT2D eigenvalue weighted by atomic mass is 79.9. The fraction of sp³-hybridized carbons (Fsp3) is 0.143. The molecule has 0 bridgehead atoms. The minimum atomic E-state index is -0.787. The molecule has 0 aliphatic carbocycles. The Morgan fingerprint density at radius 3 is 2.25 bits per heavy atom. The summed E-state index contributed by atoms with van der Waals surface area (Å²) < 4.78 is 32.4. The van der Waals surface area contributed by atoms with E-state index in [1.807, 2.05) is 0 Å². The van der Waals surface area contributed by atoms with E-state index in [2.05, 4.69) is 15.9 Å². The summed E-state index contributed by atoms with van der Waals surface area (Å²) in [4.78, 5) is 0. The summed E-state index contributed by atoms with van der Waals surface area (Å²) in [6.45, 7) is 0. The summed E-state index contributed by atoms with van der Waals surface area (Å²) in [5.41, 5.74) is 0.815. The van der Waals surface area contributed by atoms with Crippen molar-refractivity contribution in [1.29, 1.82) is 0 Å². The van der Waals surface area contributed by atoms with Crippen LogP contribution in [0.4, 0.5) is 8.78 Å². The van der Waals surface area contributed by atoms with Crippen molar-refractivity contribution in [1.82, 2.24) is 0 Å². The summed E-state index contributed by atoms with van der Waals surface area (Å²) in [7, 11) is 1.48. The van der Waals surface area contributed by atoms with Gasteiger partial charge in [0.05, 0.1) is 17.0 Å². The van der Waals surface area contributed by atoms with E-state index in [0.29, 0.717) is 20.8 Å². The number of hydrogen-bond acceptors (Lipinski definition) is 1. The summed E-state index contributed by atoms with van der Waals surface area (Å²) >= 11 is 15.6. The van der Waals surface area contributed by atoms with E-state index in [-0.39, 0.29) is 5.56 Å². The van der Waals surface area contributed by atoms with Crippen molar-refractivity contribution in [2.75, 3.05) is 7.11 Å². The monoisotopic (exact) mass is 380 g/mol. The lowest BCUT2D eigenvalue weighted by molar-refractivity contribution is 0.407. The molecule has 2 aromatic carbocycles. The van der Waals surface area contributed by atoms with Gasteiger partial charge in [0.1, 0.15) is 17.4 Å². The lowest BCUT2D eigenvalue weighted by atomic mass is 10.0. The maximum atomic E-state index is 13.3. The van der Waals surface area contributed by atoms with Crippen LogP contribution in [0.15, 0.2) is 34.8 Å². The van der Waals surface area contributed by atoms with E-state index < -0.39 is 17.0 Å². The van der Waals surface area contributed by atoms with Crippen LogP contribution in [-0.4, -0.2) is 7.11 Å². The molecule has 0 aliphatic rings. The van der Waals surface area contributed by atoms with Crippen LogP contribution in [0.2, 0.25) is 5.02 Å². The van der Waals surface area contributed by atoms with Gasteiger partial charge in [-0.2, -0.15) is 0 Å². The van der Waals surface area contributed by atoms with Crippen LogP contribution in [-0.2, 0) is 0 Å². The Kier molecular flexibility index (Phi) is 4.89. The maximum Gasteiger partial charge on any atom is 0.138 e. The van der Waals surface area contributed by atoms with Gasteiger partial charge in [0.15, 0.2) is 0 Å². The van der Waals surface area contributed by atoms with Crippen molar-refractivity contribution in [3.63, 3.8) is 0 Å². The van der Waals surface area contributed by atoms with Crippen molar-refractivity contribution in [2.24, 2.45) is 0 Å². The smallest absolute Gasteiger partial charge is 0.138 e. The molecule has 0 aliphatic heterocycles. The Hall–Kier alpha value is -0.840. The van der Waals surface area contributed by atoms with Crippen LogP contribution >= 0.6 is 39.1 Å². The predicted molar refractivity (Wildman–Crippen MR) is 79.8 cm³/mol. The molecule has 6 heteroatoms. The molecule has 0 saturated carbocycles. The minimum Gasteiger partial charge on any atom is -0.495 e. The molecule has 1 atom stereocenters. The first-order valence-electron chi connectivity index (χ1n) is 5.55. The number of rotatable bonds is 3.